The van der Waals surface area contributed by atoms with E-state index in [9.17, 15) is 24.3 Å². The van der Waals surface area contributed by atoms with Crippen molar-refractivity contribution >= 4 is 36.3 Å². The number of hydrogen-bond donors (Lipinski definition) is 8. The molecule has 0 aromatic heterocycles. The molecule has 0 radical (unpaired) electrons. The van der Waals surface area contributed by atoms with Crippen LogP contribution in [-0.4, -0.2) is 77.5 Å². The van der Waals surface area contributed by atoms with E-state index in [4.69, 9.17) is 16.6 Å². The first-order chi connectivity index (χ1) is 12.3. The van der Waals surface area contributed by atoms with Crippen LogP contribution in [0.1, 0.15) is 19.3 Å². The first-order valence-electron chi connectivity index (χ1n) is 8.04. The Bertz CT molecular complexity index is 492. The van der Waals surface area contributed by atoms with Crippen molar-refractivity contribution < 1.29 is 29.4 Å². The van der Waals surface area contributed by atoms with Gasteiger partial charge in [-0.15, -0.1) is 0 Å². The van der Waals surface area contributed by atoms with Gasteiger partial charge >= 0.3 is 5.97 Å². The van der Waals surface area contributed by atoms with Crippen LogP contribution in [0.15, 0.2) is 0 Å². The normalized spacial score (nSPS) is 14.0. The van der Waals surface area contributed by atoms with Crippen LogP contribution in [0.2, 0.25) is 0 Å². The van der Waals surface area contributed by atoms with Crippen molar-refractivity contribution in [3.8, 4) is 0 Å². The summed E-state index contributed by atoms with van der Waals surface area (Å²) in [5.74, 6) is -3.54. The van der Waals surface area contributed by atoms with E-state index in [2.05, 4.69) is 28.6 Å². The number of thiol groups is 1. The fraction of sp³-hybridized carbons (Fsp3) is 0.714. The number of nitrogens with two attached hydrogens (primary N) is 2. The Morgan fingerprint density at radius 2 is 1.62 bits per heavy atom. The van der Waals surface area contributed by atoms with Crippen LogP contribution in [0.25, 0.3) is 0 Å². The van der Waals surface area contributed by atoms with Gasteiger partial charge < -0.3 is 37.6 Å². The molecular formula is C14H27N5O6S. The molecule has 0 fully saturated rings. The summed E-state index contributed by atoms with van der Waals surface area (Å²) in [6.07, 6.45) is 1.73. The zero-order chi connectivity index (χ0) is 20.1. The third kappa shape index (κ3) is 9.56. The summed E-state index contributed by atoms with van der Waals surface area (Å²) in [5, 5.41) is 24.5. The topological polar surface area (TPSA) is 197 Å². The lowest BCUT2D eigenvalue weighted by Gasteiger charge is -2.22. The minimum atomic E-state index is -1.31. The number of aliphatic hydroxyl groups is 1. The number of aliphatic carboxylic acids is 1. The molecule has 3 amide bonds. The Kier molecular flexibility index (Phi) is 12.4. The van der Waals surface area contributed by atoms with Crippen LogP contribution in [0.3, 0.4) is 0 Å². The molecule has 0 aromatic carbocycles. The Balaban J connectivity index is 4.63. The number of rotatable bonds is 13. The predicted octanol–water partition coefficient (Wildman–Crippen LogP) is -3.46. The molecule has 11 nitrogen and oxygen atoms in total. The van der Waals surface area contributed by atoms with Crippen molar-refractivity contribution in [3.05, 3.63) is 0 Å². The van der Waals surface area contributed by atoms with Gasteiger partial charge in [-0.25, -0.2) is 0 Å². The fourth-order valence-corrected chi connectivity index (χ4v) is 2.12. The molecule has 0 bridgehead atoms. The van der Waals surface area contributed by atoms with Gasteiger partial charge in [0.2, 0.25) is 17.7 Å². The summed E-state index contributed by atoms with van der Waals surface area (Å²) in [7, 11) is 0. The second-order valence-corrected chi connectivity index (χ2v) is 5.86. The van der Waals surface area contributed by atoms with Gasteiger partial charge in [-0.2, -0.15) is 12.6 Å². The highest BCUT2D eigenvalue weighted by atomic mass is 32.1. The molecular weight excluding hydrogens is 366 g/mol. The van der Waals surface area contributed by atoms with E-state index in [1.165, 1.54) is 0 Å². The van der Waals surface area contributed by atoms with Crippen molar-refractivity contribution in [3.63, 3.8) is 0 Å². The number of carbonyl (C=O) groups excluding carboxylic acids is 3. The molecule has 9 N–H and O–H groups in total. The first-order valence-corrected chi connectivity index (χ1v) is 8.67. The van der Waals surface area contributed by atoms with Gasteiger partial charge in [-0.05, 0) is 19.4 Å². The molecule has 3 atom stereocenters. The molecule has 0 aliphatic carbocycles. The van der Waals surface area contributed by atoms with Crippen LogP contribution in [0, 0.1) is 0 Å². The van der Waals surface area contributed by atoms with E-state index in [1.807, 2.05) is 0 Å². The highest BCUT2D eigenvalue weighted by molar-refractivity contribution is 7.80. The Morgan fingerprint density at radius 1 is 1.00 bits per heavy atom. The molecule has 0 aliphatic heterocycles. The lowest BCUT2D eigenvalue weighted by Crippen LogP contribution is -2.57. The Labute approximate surface area is 156 Å². The van der Waals surface area contributed by atoms with Gasteiger partial charge in [0, 0.05) is 5.75 Å². The zero-order valence-electron chi connectivity index (χ0n) is 14.3. The molecule has 0 aliphatic rings. The number of aliphatic hydroxyl groups excluding tert-OH is 1. The van der Waals surface area contributed by atoms with Crippen molar-refractivity contribution in [2.75, 3.05) is 25.4 Å². The number of carboxylic acids is 1. The standard InChI is InChI=1S/C14H27N5O6S/c15-4-2-1-3-8(16)12(23)18-9(6-20)14(25)19-10(7-26)13(24)17-5-11(21)22/h8-10,20,26H,1-7,15-16H2,(H,17,24)(H,18,23)(H,19,25)(H,21,22)/t8-,9-,10-/m0/s1. The third-order valence-electron chi connectivity index (χ3n) is 3.35. The van der Waals surface area contributed by atoms with Crippen molar-refractivity contribution in [2.45, 2.75) is 37.4 Å². The van der Waals surface area contributed by atoms with Crippen molar-refractivity contribution in [1.82, 2.24) is 16.0 Å². The summed E-state index contributed by atoms with van der Waals surface area (Å²) >= 11 is 3.92. The number of carboxylic acid groups (broad SMARTS) is 1. The number of amides is 3. The fourth-order valence-electron chi connectivity index (χ4n) is 1.86. The molecule has 12 heteroatoms. The second kappa shape index (κ2) is 13.3. The number of hydrogen-bond acceptors (Lipinski definition) is 8. The minimum Gasteiger partial charge on any atom is -0.480 e. The molecule has 0 saturated heterocycles. The molecule has 0 aromatic rings. The van der Waals surface area contributed by atoms with Gasteiger partial charge in [-0.3, -0.25) is 19.2 Å². The smallest absolute Gasteiger partial charge is 0.322 e. The summed E-state index contributed by atoms with van der Waals surface area (Å²) in [6.45, 7) is -0.842. The monoisotopic (exact) mass is 393 g/mol. The zero-order valence-corrected chi connectivity index (χ0v) is 15.2. The quantitative estimate of drug-likeness (QED) is 0.117. The van der Waals surface area contributed by atoms with Crippen LogP contribution in [-0.2, 0) is 19.2 Å². The van der Waals surface area contributed by atoms with Crippen LogP contribution >= 0.6 is 12.6 Å². The average molecular weight is 393 g/mol. The van der Waals surface area contributed by atoms with Crippen LogP contribution < -0.4 is 27.4 Å². The maximum Gasteiger partial charge on any atom is 0.322 e. The Morgan fingerprint density at radius 3 is 2.12 bits per heavy atom. The molecule has 0 unspecified atom stereocenters. The first kappa shape index (κ1) is 24.1. The van der Waals surface area contributed by atoms with Gasteiger partial charge in [0.15, 0.2) is 0 Å². The Hall–Kier alpha value is -1.89. The van der Waals surface area contributed by atoms with Gasteiger partial charge in [0.1, 0.15) is 18.6 Å². The largest absolute Gasteiger partial charge is 0.480 e. The number of nitrogens with one attached hydrogen (secondary N) is 3. The van der Waals surface area contributed by atoms with Gasteiger partial charge in [0.05, 0.1) is 12.6 Å². The maximum atomic E-state index is 12.1. The van der Waals surface area contributed by atoms with Crippen LogP contribution in [0.4, 0.5) is 0 Å². The summed E-state index contributed by atoms with van der Waals surface area (Å²) in [5.41, 5.74) is 11.1. The summed E-state index contributed by atoms with van der Waals surface area (Å²) in [6, 6.07) is -3.30. The lowest BCUT2D eigenvalue weighted by molar-refractivity contribution is -0.138. The SMILES string of the molecule is NCCCC[C@H](N)C(=O)N[C@@H](CO)C(=O)N[C@@H](CS)C(=O)NCC(=O)O. The van der Waals surface area contributed by atoms with E-state index in [0.29, 0.717) is 25.8 Å². The molecule has 0 spiro atoms. The summed E-state index contributed by atoms with van der Waals surface area (Å²) < 4.78 is 0. The molecule has 0 saturated carbocycles. The van der Waals surface area contributed by atoms with E-state index in [1.54, 1.807) is 0 Å². The van der Waals surface area contributed by atoms with Crippen molar-refractivity contribution in [1.29, 1.82) is 0 Å². The maximum absolute atomic E-state index is 12.1. The van der Waals surface area contributed by atoms with Crippen LogP contribution in [0.5, 0.6) is 0 Å². The van der Waals surface area contributed by atoms with Gasteiger partial charge in [-0.1, -0.05) is 6.42 Å². The molecule has 0 heterocycles. The van der Waals surface area contributed by atoms with E-state index >= 15 is 0 Å². The predicted molar refractivity (Wildman–Crippen MR) is 96.3 cm³/mol. The van der Waals surface area contributed by atoms with E-state index in [0.717, 1.165) is 0 Å². The number of carbonyl (C=O) groups is 4. The second-order valence-electron chi connectivity index (χ2n) is 5.49. The van der Waals surface area contributed by atoms with E-state index < -0.39 is 55.0 Å². The molecule has 26 heavy (non-hydrogen) atoms. The highest BCUT2D eigenvalue weighted by Crippen LogP contribution is 1.99. The molecule has 150 valence electrons. The lowest BCUT2D eigenvalue weighted by atomic mass is 10.1. The highest BCUT2D eigenvalue weighted by Gasteiger charge is 2.27. The van der Waals surface area contributed by atoms with Crippen molar-refractivity contribution in [2.24, 2.45) is 11.5 Å². The van der Waals surface area contributed by atoms with Gasteiger partial charge in [0.25, 0.3) is 0 Å². The third-order valence-corrected chi connectivity index (χ3v) is 3.72. The van der Waals surface area contributed by atoms with E-state index in [-0.39, 0.29) is 5.75 Å². The number of unbranched alkanes of at least 4 members (excludes halogenated alkanes) is 1. The summed E-state index contributed by atoms with van der Waals surface area (Å²) in [4.78, 5) is 46.3. The average Bonchev–Trinajstić information content (AvgIpc) is 2.61. The molecule has 0 rings (SSSR count). The minimum absolute atomic E-state index is 0.109.